The molecule has 3 rings (SSSR count). The summed E-state index contributed by atoms with van der Waals surface area (Å²) in [7, 11) is 2.12. The smallest absolute Gasteiger partial charge is 0.256 e. The van der Waals surface area contributed by atoms with Gasteiger partial charge in [0, 0.05) is 31.9 Å². The first-order valence-corrected chi connectivity index (χ1v) is 9.27. The second kappa shape index (κ2) is 8.92. The Morgan fingerprint density at radius 2 is 1.96 bits per heavy atom. The molecule has 1 N–H and O–H groups in total. The minimum absolute atomic E-state index is 0.191. The number of carbonyl (C=O) groups excluding carboxylic acids is 1. The Balaban J connectivity index is 1.56. The van der Waals surface area contributed by atoms with Gasteiger partial charge in [0.1, 0.15) is 0 Å². The van der Waals surface area contributed by atoms with Crippen LogP contribution >= 0.6 is 0 Å². The zero-order valence-corrected chi connectivity index (χ0v) is 15.3. The van der Waals surface area contributed by atoms with Gasteiger partial charge in [-0.1, -0.05) is 36.4 Å². The van der Waals surface area contributed by atoms with Crippen molar-refractivity contribution in [2.45, 2.75) is 38.0 Å². The summed E-state index contributed by atoms with van der Waals surface area (Å²) in [5, 5.41) is 10.4. The molecule has 5 heteroatoms. The van der Waals surface area contributed by atoms with E-state index in [0.29, 0.717) is 24.7 Å². The van der Waals surface area contributed by atoms with Crippen molar-refractivity contribution in [2.24, 2.45) is 0 Å². The van der Waals surface area contributed by atoms with Gasteiger partial charge in [-0.05, 0) is 44.0 Å². The van der Waals surface area contributed by atoms with E-state index < -0.39 is 6.10 Å². The quantitative estimate of drug-likeness (QED) is 0.898. The number of aliphatic hydroxyl groups excluding tert-OH is 1. The summed E-state index contributed by atoms with van der Waals surface area (Å²) < 4.78 is 0. The molecule has 0 bridgehead atoms. The molecular weight excluding hydrogens is 326 g/mol. The number of aromatic nitrogens is 1. The van der Waals surface area contributed by atoms with Gasteiger partial charge in [-0.3, -0.25) is 14.7 Å². The Bertz CT molecular complexity index is 693. The number of pyridine rings is 1. The summed E-state index contributed by atoms with van der Waals surface area (Å²) in [5.74, 6) is -0.191. The van der Waals surface area contributed by atoms with E-state index in [1.54, 1.807) is 12.1 Å². The van der Waals surface area contributed by atoms with Gasteiger partial charge in [0.2, 0.25) is 0 Å². The maximum absolute atomic E-state index is 12.7. The molecule has 0 spiro atoms. The summed E-state index contributed by atoms with van der Waals surface area (Å²) in [5.41, 5.74) is 1.72. The summed E-state index contributed by atoms with van der Waals surface area (Å²) in [6.07, 6.45) is 3.66. The zero-order chi connectivity index (χ0) is 18.4. The normalized spacial score (nSPS) is 19.2. The van der Waals surface area contributed by atoms with Crippen molar-refractivity contribution in [1.29, 1.82) is 0 Å². The highest BCUT2D eigenvalue weighted by Gasteiger charge is 2.27. The highest BCUT2D eigenvalue weighted by Crippen LogP contribution is 2.21. The van der Waals surface area contributed by atoms with Gasteiger partial charge in [-0.2, -0.15) is 0 Å². The first-order chi connectivity index (χ1) is 12.6. The highest BCUT2D eigenvalue weighted by molar-refractivity contribution is 5.82. The van der Waals surface area contributed by atoms with E-state index in [-0.39, 0.29) is 5.91 Å². The van der Waals surface area contributed by atoms with E-state index in [4.69, 9.17) is 0 Å². The molecule has 1 aromatic heterocycles. The van der Waals surface area contributed by atoms with Crippen LogP contribution in [0.25, 0.3) is 0 Å². The Morgan fingerprint density at radius 1 is 1.19 bits per heavy atom. The first-order valence-electron chi connectivity index (χ1n) is 9.27. The van der Waals surface area contributed by atoms with E-state index in [2.05, 4.69) is 16.9 Å². The third-order valence-corrected chi connectivity index (χ3v) is 5.12. The van der Waals surface area contributed by atoms with Crippen LogP contribution in [0.3, 0.4) is 0 Å². The molecule has 1 fully saturated rings. The largest absolute Gasteiger partial charge is 0.378 e. The van der Waals surface area contributed by atoms with Crippen molar-refractivity contribution in [3.63, 3.8) is 0 Å². The minimum Gasteiger partial charge on any atom is -0.378 e. The Morgan fingerprint density at radius 3 is 2.69 bits per heavy atom. The maximum Gasteiger partial charge on any atom is 0.256 e. The molecule has 1 aliphatic rings. The number of benzene rings is 1. The summed E-state index contributed by atoms with van der Waals surface area (Å²) in [4.78, 5) is 21.2. The average molecular weight is 353 g/mol. The number of likely N-dealkylation sites (tertiary alicyclic amines) is 1. The standard InChI is InChI=1S/C21H27N3O2/c1-23(16-18-10-5-6-13-22-18)19-11-7-14-24(15-12-19)21(26)20(25)17-8-3-2-4-9-17/h2-6,8-10,13,19-20,25H,7,11-12,14-16H2,1H3/t19-,20-/m0/s1. The molecule has 2 atom stereocenters. The van der Waals surface area contributed by atoms with Crippen molar-refractivity contribution in [3.05, 3.63) is 66.0 Å². The summed E-state index contributed by atoms with van der Waals surface area (Å²) in [6, 6.07) is 15.6. The Hall–Kier alpha value is -2.24. The number of hydrogen-bond acceptors (Lipinski definition) is 4. The molecule has 1 amide bonds. The lowest BCUT2D eigenvalue weighted by atomic mass is 10.1. The predicted octanol–water partition coefficient (Wildman–Crippen LogP) is 2.63. The fraction of sp³-hybridized carbons (Fsp3) is 0.429. The fourth-order valence-corrected chi connectivity index (χ4v) is 3.57. The van der Waals surface area contributed by atoms with Crippen LogP contribution in [0.15, 0.2) is 54.7 Å². The minimum atomic E-state index is -1.07. The van der Waals surface area contributed by atoms with E-state index in [1.807, 2.05) is 47.5 Å². The van der Waals surface area contributed by atoms with Gasteiger partial charge >= 0.3 is 0 Å². The summed E-state index contributed by atoms with van der Waals surface area (Å²) in [6.45, 7) is 2.20. The van der Waals surface area contributed by atoms with Gasteiger partial charge in [-0.25, -0.2) is 0 Å². The molecule has 5 nitrogen and oxygen atoms in total. The molecule has 1 aliphatic heterocycles. The molecule has 0 saturated carbocycles. The van der Waals surface area contributed by atoms with Gasteiger partial charge in [0.15, 0.2) is 6.10 Å². The topological polar surface area (TPSA) is 56.7 Å². The van der Waals surface area contributed by atoms with Crippen LogP contribution in [0.1, 0.15) is 36.6 Å². The molecule has 0 aliphatic carbocycles. The number of amides is 1. The lowest BCUT2D eigenvalue weighted by molar-refractivity contribution is -0.140. The number of hydrogen-bond donors (Lipinski definition) is 1. The molecule has 0 unspecified atom stereocenters. The molecule has 2 heterocycles. The van der Waals surface area contributed by atoms with Crippen molar-refractivity contribution in [3.8, 4) is 0 Å². The molecule has 1 aromatic carbocycles. The maximum atomic E-state index is 12.7. The van der Waals surface area contributed by atoms with E-state index in [1.165, 1.54) is 0 Å². The van der Waals surface area contributed by atoms with Crippen LogP contribution in [-0.4, -0.2) is 52.0 Å². The fourth-order valence-electron chi connectivity index (χ4n) is 3.57. The molecule has 2 aromatic rings. The Labute approximate surface area is 155 Å². The van der Waals surface area contributed by atoms with Crippen LogP contribution in [0.2, 0.25) is 0 Å². The third-order valence-electron chi connectivity index (χ3n) is 5.12. The van der Waals surface area contributed by atoms with Crippen molar-refractivity contribution >= 4 is 5.91 Å². The van der Waals surface area contributed by atoms with E-state index in [9.17, 15) is 9.90 Å². The van der Waals surface area contributed by atoms with Crippen LogP contribution in [0, 0.1) is 0 Å². The lowest BCUT2D eigenvalue weighted by Crippen LogP contribution is -2.37. The van der Waals surface area contributed by atoms with Gasteiger partial charge in [0.05, 0.1) is 5.69 Å². The SMILES string of the molecule is CN(Cc1ccccn1)[C@H]1CCCN(C(=O)[C@@H](O)c2ccccc2)CC1. The zero-order valence-electron chi connectivity index (χ0n) is 15.3. The Kier molecular flexibility index (Phi) is 6.36. The lowest BCUT2D eigenvalue weighted by Gasteiger charge is -2.27. The third kappa shape index (κ3) is 4.68. The van der Waals surface area contributed by atoms with Crippen molar-refractivity contribution in [1.82, 2.24) is 14.8 Å². The van der Waals surface area contributed by atoms with Crippen molar-refractivity contribution < 1.29 is 9.90 Å². The molecule has 1 saturated heterocycles. The number of nitrogens with zero attached hydrogens (tertiary/aromatic N) is 3. The predicted molar refractivity (Wildman–Crippen MR) is 101 cm³/mol. The second-order valence-electron chi connectivity index (χ2n) is 6.96. The molecule has 138 valence electrons. The van der Waals surface area contributed by atoms with Crippen LogP contribution < -0.4 is 0 Å². The number of carbonyl (C=O) groups is 1. The van der Waals surface area contributed by atoms with Gasteiger partial charge in [-0.15, -0.1) is 0 Å². The van der Waals surface area contributed by atoms with E-state index in [0.717, 1.165) is 31.5 Å². The number of rotatable bonds is 5. The van der Waals surface area contributed by atoms with Gasteiger partial charge in [0.25, 0.3) is 5.91 Å². The highest BCUT2D eigenvalue weighted by atomic mass is 16.3. The van der Waals surface area contributed by atoms with Crippen LogP contribution in [0.5, 0.6) is 0 Å². The second-order valence-corrected chi connectivity index (χ2v) is 6.96. The molecular formula is C21H27N3O2. The first kappa shape index (κ1) is 18.5. The number of aliphatic hydroxyl groups is 1. The van der Waals surface area contributed by atoms with E-state index >= 15 is 0 Å². The molecule has 26 heavy (non-hydrogen) atoms. The van der Waals surface area contributed by atoms with Crippen LogP contribution in [-0.2, 0) is 11.3 Å². The average Bonchev–Trinajstić information content (AvgIpc) is 2.94. The van der Waals surface area contributed by atoms with Crippen LogP contribution in [0.4, 0.5) is 0 Å². The monoisotopic (exact) mass is 353 g/mol. The van der Waals surface area contributed by atoms with Crippen molar-refractivity contribution in [2.75, 3.05) is 20.1 Å². The molecule has 0 radical (unpaired) electrons. The van der Waals surface area contributed by atoms with Gasteiger partial charge < -0.3 is 10.0 Å². The summed E-state index contributed by atoms with van der Waals surface area (Å²) >= 11 is 0.